The fourth-order valence-corrected chi connectivity index (χ4v) is 4.41. The third-order valence-electron chi connectivity index (χ3n) is 3.98. The zero-order chi connectivity index (χ0) is 18.1. The Bertz CT molecular complexity index is 693. The summed E-state index contributed by atoms with van der Waals surface area (Å²) < 4.78 is 63.8. The van der Waals surface area contributed by atoms with Gasteiger partial charge in [-0.2, -0.15) is 13.2 Å². The highest BCUT2D eigenvalue weighted by Gasteiger charge is 2.47. The highest BCUT2D eigenvalue weighted by molar-refractivity contribution is 9.10. The summed E-state index contributed by atoms with van der Waals surface area (Å²) in [6.07, 6.45) is -3.36. The van der Waals surface area contributed by atoms with Gasteiger partial charge in [0.2, 0.25) is 5.91 Å². The molecule has 1 aliphatic heterocycles. The minimum Gasteiger partial charge on any atom is -0.328 e. The van der Waals surface area contributed by atoms with Crippen LogP contribution in [-0.2, 0) is 14.6 Å². The average Bonchev–Trinajstić information content (AvgIpc) is 2.47. The van der Waals surface area contributed by atoms with Crippen molar-refractivity contribution in [3.63, 3.8) is 0 Å². The van der Waals surface area contributed by atoms with E-state index in [4.69, 9.17) is 0 Å². The Morgan fingerprint density at radius 1 is 1.33 bits per heavy atom. The van der Waals surface area contributed by atoms with Gasteiger partial charge in [0.15, 0.2) is 6.04 Å². The summed E-state index contributed by atoms with van der Waals surface area (Å²) in [5.41, 5.74) is -0.287. The number of alkyl halides is 3. The van der Waals surface area contributed by atoms with Gasteiger partial charge in [-0.15, -0.1) is 0 Å². The van der Waals surface area contributed by atoms with Crippen molar-refractivity contribution in [3.8, 4) is 0 Å². The van der Waals surface area contributed by atoms with Gasteiger partial charge in [0.25, 0.3) is 0 Å². The molecule has 1 atom stereocenters. The van der Waals surface area contributed by atoms with E-state index in [0.29, 0.717) is 9.37 Å². The van der Waals surface area contributed by atoms with Crippen LogP contribution in [0.5, 0.6) is 0 Å². The Hall–Kier alpha value is -1.16. The van der Waals surface area contributed by atoms with E-state index in [1.807, 2.05) is 0 Å². The molecule has 0 spiro atoms. The first kappa shape index (κ1) is 19.2. The summed E-state index contributed by atoms with van der Waals surface area (Å²) in [4.78, 5) is 16.8. The molecule has 1 aromatic rings. The van der Waals surface area contributed by atoms with Gasteiger partial charge in [0, 0.05) is 23.6 Å². The lowest BCUT2D eigenvalue weighted by Gasteiger charge is -2.33. The number of rotatable bonds is 3. The van der Waals surface area contributed by atoms with Crippen LogP contribution >= 0.6 is 15.9 Å². The number of carbonyl (C=O) groups excluding carboxylic acids is 1. The molecule has 1 fully saturated rings. The first-order valence-electron chi connectivity index (χ1n) is 7.16. The lowest BCUT2D eigenvalue weighted by molar-refractivity contribution is -0.191. The minimum atomic E-state index is -4.69. The molecule has 1 saturated heterocycles. The van der Waals surface area contributed by atoms with E-state index in [1.165, 1.54) is 18.3 Å². The molecule has 0 saturated carbocycles. The minimum absolute atomic E-state index is 0.0455. The largest absolute Gasteiger partial charge is 0.414 e. The van der Waals surface area contributed by atoms with E-state index < -0.39 is 33.9 Å². The molecule has 2 heterocycles. The van der Waals surface area contributed by atoms with Gasteiger partial charge in [-0.25, -0.2) is 8.42 Å². The van der Waals surface area contributed by atoms with E-state index in [9.17, 15) is 26.4 Å². The van der Waals surface area contributed by atoms with Crippen molar-refractivity contribution < 1.29 is 26.4 Å². The molecule has 1 aromatic heterocycles. The van der Waals surface area contributed by atoms with Crippen molar-refractivity contribution in [2.75, 3.05) is 18.6 Å². The van der Waals surface area contributed by atoms with Gasteiger partial charge < -0.3 is 4.90 Å². The van der Waals surface area contributed by atoms with Crippen molar-refractivity contribution in [1.29, 1.82) is 0 Å². The number of carbonyl (C=O) groups is 1. The first-order valence-corrected chi connectivity index (χ1v) is 9.78. The fraction of sp³-hybridized carbons (Fsp3) is 0.571. The maximum Gasteiger partial charge on any atom is 0.414 e. The predicted octanol–water partition coefficient (Wildman–Crippen LogP) is 2.73. The fourth-order valence-electron chi connectivity index (χ4n) is 2.69. The molecule has 1 amide bonds. The normalized spacial score (nSPS) is 19.7. The highest BCUT2D eigenvalue weighted by Crippen LogP contribution is 2.37. The van der Waals surface area contributed by atoms with Gasteiger partial charge in [-0.3, -0.25) is 9.78 Å². The molecule has 24 heavy (non-hydrogen) atoms. The maximum absolute atomic E-state index is 13.5. The number of halogens is 4. The molecule has 0 N–H and O–H groups in total. The molecule has 0 aliphatic carbocycles. The van der Waals surface area contributed by atoms with Crippen LogP contribution in [0.1, 0.15) is 24.6 Å². The molecule has 2 rings (SSSR count). The van der Waals surface area contributed by atoms with Gasteiger partial charge in [0.1, 0.15) is 9.84 Å². The summed E-state index contributed by atoms with van der Waals surface area (Å²) in [5.74, 6) is -1.79. The SMILES string of the molecule is CN(C(=O)C1CCS(=O)(=O)CC1)[C@@H](c1ccc(Br)cn1)C(F)(F)F. The number of sulfone groups is 1. The number of amides is 1. The van der Waals surface area contributed by atoms with E-state index >= 15 is 0 Å². The van der Waals surface area contributed by atoms with Gasteiger partial charge in [-0.1, -0.05) is 0 Å². The molecular weight excluding hydrogens is 413 g/mol. The molecule has 5 nitrogen and oxygen atoms in total. The Morgan fingerprint density at radius 2 is 1.92 bits per heavy atom. The summed E-state index contributed by atoms with van der Waals surface area (Å²) >= 11 is 3.10. The summed E-state index contributed by atoms with van der Waals surface area (Å²) in [6, 6.07) is 0.459. The predicted molar refractivity (Wildman–Crippen MR) is 84.9 cm³/mol. The Morgan fingerprint density at radius 3 is 2.38 bits per heavy atom. The van der Waals surface area contributed by atoms with Crippen molar-refractivity contribution in [2.45, 2.75) is 25.1 Å². The molecule has 10 heteroatoms. The van der Waals surface area contributed by atoms with Crippen molar-refractivity contribution in [1.82, 2.24) is 9.88 Å². The topological polar surface area (TPSA) is 67.3 Å². The molecule has 0 aromatic carbocycles. The van der Waals surface area contributed by atoms with E-state index in [-0.39, 0.29) is 30.0 Å². The quantitative estimate of drug-likeness (QED) is 0.741. The smallest absolute Gasteiger partial charge is 0.328 e. The zero-order valence-electron chi connectivity index (χ0n) is 12.8. The zero-order valence-corrected chi connectivity index (χ0v) is 15.2. The standard InChI is InChI=1S/C14H16BrF3N2O3S/c1-20(13(21)9-4-6-24(22,23)7-5-9)12(14(16,17)18)11-3-2-10(15)8-19-11/h2-3,8-9,12H,4-7H2,1H3/t12-/m0/s1. The molecule has 1 aliphatic rings. The number of nitrogens with zero attached hydrogens (tertiary/aromatic N) is 2. The average molecular weight is 429 g/mol. The number of pyridine rings is 1. The first-order chi connectivity index (χ1) is 11.0. The summed E-state index contributed by atoms with van der Waals surface area (Å²) in [7, 11) is -2.11. The van der Waals surface area contributed by atoms with Crippen LogP contribution in [0.2, 0.25) is 0 Å². The summed E-state index contributed by atoms with van der Waals surface area (Å²) in [5, 5.41) is 0. The van der Waals surface area contributed by atoms with Gasteiger partial charge >= 0.3 is 6.18 Å². The molecule has 0 bridgehead atoms. The maximum atomic E-state index is 13.5. The second-order valence-corrected chi connectivity index (χ2v) is 8.94. The Kier molecular flexibility index (Phi) is 5.58. The van der Waals surface area contributed by atoms with Gasteiger partial charge in [0.05, 0.1) is 17.2 Å². The Balaban J connectivity index is 2.23. The van der Waals surface area contributed by atoms with Crippen LogP contribution < -0.4 is 0 Å². The van der Waals surface area contributed by atoms with Crippen molar-refractivity contribution in [2.24, 2.45) is 5.92 Å². The van der Waals surface area contributed by atoms with Gasteiger partial charge in [-0.05, 0) is 40.9 Å². The van der Waals surface area contributed by atoms with E-state index in [2.05, 4.69) is 20.9 Å². The van der Waals surface area contributed by atoms with Crippen LogP contribution in [0.4, 0.5) is 13.2 Å². The van der Waals surface area contributed by atoms with Crippen molar-refractivity contribution >= 4 is 31.7 Å². The summed E-state index contributed by atoms with van der Waals surface area (Å²) in [6.45, 7) is 0. The second-order valence-electron chi connectivity index (χ2n) is 5.72. The van der Waals surface area contributed by atoms with Crippen molar-refractivity contribution in [3.05, 3.63) is 28.5 Å². The Labute approximate surface area is 146 Å². The lowest BCUT2D eigenvalue weighted by Crippen LogP contribution is -2.44. The van der Waals surface area contributed by atoms with E-state index in [0.717, 1.165) is 7.05 Å². The number of aromatic nitrogens is 1. The molecule has 134 valence electrons. The third-order valence-corrected chi connectivity index (χ3v) is 6.16. The third kappa shape index (κ3) is 4.47. The lowest BCUT2D eigenvalue weighted by atomic mass is 9.99. The van der Waals surface area contributed by atoms with Crippen LogP contribution in [0.3, 0.4) is 0 Å². The molecular formula is C14H16BrF3N2O3S. The second kappa shape index (κ2) is 6.99. The van der Waals surface area contributed by atoms with Crippen LogP contribution in [0.15, 0.2) is 22.8 Å². The van der Waals surface area contributed by atoms with Crippen LogP contribution in [0, 0.1) is 5.92 Å². The number of hydrogen-bond donors (Lipinski definition) is 0. The molecule has 0 radical (unpaired) electrons. The number of hydrogen-bond acceptors (Lipinski definition) is 4. The highest BCUT2D eigenvalue weighted by atomic mass is 79.9. The van der Waals surface area contributed by atoms with Crippen LogP contribution in [0.25, 0.3) is 0 Å². The monoisotopic (exact) mass is 428 g/mol. The van der Waals surface area contributed by atoms with Crippen LogP contribution in [-0.4, -0.2) is 48.9 Å². The molecule has 0 unspecified atom stereocenters. The van der Waals surface area contributed by atoms with E-state index in [1.54, 1.807) is 0 Å².